The second kappa shape index (κ2) is 9.79. The van der Waals surface area contributed by atoms with Crippen molar-refractivity contribution >= 4 is 28.9 Å². The number of hydrogen-bond donors (Lipinski definition) is 2. The van der Waals surface area contributed by atoms with E-state index in [0.29, 0.717) is 42.3 Å². The predicted octanol–water partition coefficient (Wildman–Crippen LogP) is 3.81. The molecule has 1 aromatic heterocycles. The molecule has 0 bridgehead atoms. The first-order chi connectivity index (χ1) is 17.0. The van der Waals surface area contributed by atoms with Gasteiger partial charge in [0.25, 0.3) is 0 Å². The summed E-state index contributed by atoms with van der Waals surface area (Å²) in [5.41, 5.74) is 2.99. The number of para-hydroxylation sites is 1. The molecule has 5 rings (SSSR count). The number of aromatic nitrogens is 2. The van der Waals surface area contributed by atoms with E-state index in [1.807, 2.05) is 30.3 Å². The molecule has 35 heavy (non-hydrogen) atoms. The third-order valence-electron chi connectivity index (χ3n) is 6.68. The number of carbonyl (C=O) groups is 2. The number of Topliss-reactive ketones (excluding diaryl/α,β-unsaturated/α-hetero) is 1. The summed E-state index contributed by atoms with van der Waals surface area (Å²) in [6.07, 6.45) is 3.40. The van der Waals surface area contributed by atoms with E-state index in [-0.39, 0.29) is 11.5 Å². The standard InChI is InChI=1S/C26H28N4O5/c1-34-22-10-9-19-24(31)23(16-21-17-6-2-3-8-20(17)27-28-21)35-25(19)18(22)7-4-5-11-29-12-14-30(15-13-29)26(32)33/h2-3,6,8-10,16H,4-5,7,11-15H2,1H3,(H,27,28)(H,32,33)/b23-16-. The fourth-order valence-corrected chi connectivity index (χ4v) is 4.74. The molecule has 1 saturated heterocycles. The second-order valence-electron chi connectivity index (χ2n) is 8.79. The Labute approximate surface area is 202 Å². The fourth-order valence-electron chi connectivity index (χ4n) is 4.74. The maximum Gasteiger partial charge on any atom is 0.407 e. The van der Waals surface area contributed by atoms with Crippen LogP contribution < -0.4 is 9.47 Å². The van der Waals surface area contributed by atoms with E-state index in [4.69, 9.17) is 14.6 Å². The summed E-state index contributed by atoms with van der Waals surface area (Å²) in [6, 6.07) is 11.3. The van der Waals surface area contributed by atoms with Crippen molar-refractivity contribution in [3.05, 3.63) is 59.0 Å². The van der Waals surface area contributed by atoms with Crippen LogP contribution in [-0.2, 0) is 6.42 Å². The average molecular weight is 477 g/mol. The number of benzene rings is 2. The van der Waals surface area contributed by atoms with E-state index in [9.17, 15) is 9.59 Å². The van der Waals surface area contributed by atoms with Crippen LogP contribution >= 0.6 is 0 Å². The van der Waals surface area contributed by atoms with Gasteiger partial charge in [0.2, 0.25) is 5.78 Å². The van der Waals surface area contributed by atoms with Gasteiger partial charge in [-0.25, -0.2) is 4.79 Å². The van der Waals surface area contributed by atoms with Gasteiger partial charge >= 0.3 is 6.09 Å². The number of H-pyrrole nitrogens is 1. The average Bonchev–Trinajstić information content (AvgIpc) is 3.43. The monoisotopic (exact) mass is 476 g/mol. The zero-order chi connectivity index (χ0) is 24.4. The number of carboxylic acid groups (broad SMARTS) is 1. The minimum Gasteiger partial charge on any atom is -0.496 e. The SMILES string of the molecule is COc1ccc2c(c1CCCCN1CCN(C(=O)O)CC1)O/C(=C\c1n[nH]c3ccccc13)C2=O. The number of methoxy groups -OCH3 is 1. The topological polar surface area (TPSA) is 108 Å². The Kier molecular flexibility index (Phi) is 6.41. The Morgan fingerprint density at radius 1 is 1.17 bits per heavy atom. The molecule has 2 aliphatic heterocycles. The number of rotatable bonds is 7. The van der Waals surface area contributed by atoms with Crippen molar-refractivity contribution in [2.45, 2.75) is 19.3 Å². The van der Waals surface area contributed by atoms with E-state index in [0.717, 1.165) is 48.9 Å². The van der Waals surface area contributed by atoms with Gasteiger partial charge < -0.3 is 19.5 Å². The van der Waals surface area contributed by atoms with Gasteiger partial charge in [-0.15, -0.1) is 0 Å². The lowest BCUT2D eigenvalue weighted by Crippen LogP contribution is -2.48. The number of unbranched alkanes of at least 4 members (excludes halogenated alkanes) is 1. The second-order valence-corrected chi connectivity index (χ2v) is 8.79. The molecule has 9 heteroatoms. The molecule has 1 amide bonds. The zero-order valence-electron chi connectivity index (χ0n) is 19.6. The molecule has 3 heterocycles. The van der Waals surface area contributed by atoms with Crippen LogP contribution in [0.25, 0.3) is 17.0 Å². The minimum absolute atomic E-state index is 0.160. The third-order valence-corrected chi connectivity index (χ3v) is 6.68. The molecule has 1 fully saturated rings. The molecule has 0 saturated carbocycles. The van der Waals surface area contributed by atoms with E-state index in [1.54, 1.807) is 19.3 Å². The highest BCUT2D eigenvalue weighted by Crippen LogP contribution is 2.40. The van der Waals surface area contributed by atoms with E-state index >= 15 is 0 Å². The zero-order valence-corrected chi connectivity index (χ0v) is 19.6. The summed E-state index contributed by atoms with van der Waals surface area (Å²) in [4.78, 5) is 27.9. The lowest BCUT2D eigenvalue weighted by Gasteiger charge is -2.33. The molecule has 182 valence electrons. The third kappa shape index (κ3) is 4.59. The molecular formula is C26H28N4O5. The Morgan fingerprint density at radius 2 is 1.97 bits per heavy atom. The van der Waals surface area contributed by atoms with Crippen molar-refractivity contribution in [3.8, 4) is 11.5 Å². The van der Waals surface area contributed by atoms with Crippen LogP contribution in [0.5, 0.6) is 11.5 Å². The maximum atomic E-state index is 13.1. The number of allylic oxidation sites excluding steroid dienone is 1. The highest BCUT2D eigenvalue weighted by molar-refractivity contribution is 6.15. The van der Waals surface area contributed by atoms with Crippen molar-refractivity contribution in [1.82, 2.24) is 20.0 Å². The van der Waals surface area contributed by atoms with E-state index in [2.05, 4.69) is 15.1 Å². The van der Waals surface area contributed by atoms with Crippen molar-refractivity contribution in [1.29, 1.82) is 0 Å². The van der Waals surface area contributed by atoms with Gasteiger partial charge in [0.15, 0.2) is 5.76 Å². The Hall–Kier alpha value is -3.85. The summed E-state index contributed by atoms with van der Waals surface area (Å²) in [6.45, 7) is 3.51. The number of ketones is 1. The first-order valence-electron chi connectivity index (χ1n) is 11.8. The quantitative estimate of drug-likeness (QED) is 0.394. The van der Waals surface area contributed by atoms with Crippen molar-refractivity contribution in [2.24, 2.45) is 0 Å². The van der Waals surface area contributed by atoms with Crippen LogP contribution in [0.2, 0.25) is 0 Å². The van der Waals surface area contributed by atoms with Gasteiger partial charge in [0.05, 0.1) is 23.9 Å². The summed E-state index contributed by atoms with van der Waals surface area (Å²) >= 11 is 0. The Balaban J connectivity index is 1.27. The van der Waals surface area contributed by atoms with Crippen LogP contribution in [0.4, 0.5) is 4.79 Å². The van der Waals surface area contributed by atoms with Crippen LogP contribution in [0.3, 0.4) is 0 Å². The van der Waals surface area contributed by atoms with Crippen molar-refractivity contribution < 1.29 is 24.2 Å². The number of nitrogens with one attached hydrogen (secondary N) is 1. The number of nitrogens with zero attached hydrogens (tertiary/aromatic N) is 3. The summed E-state index contributed by atoms with van der Waals surface area (Å²) < 4.78 is 11.7. The Morgan fingerprint density at radius 3 is 2.74 bits per heavy atom. The highest BCUT2D eigenvalue weighted by Gasteiger charge is 2.31. The van der Waals surface area contributed by atoms with Crippen LogP contribution in [0.15, 0.2) is 42.2 Å². The first kappa shape index (κ1) is 22.9. The van der Waals surface area contributed by atoms with Crippen LogP contribution in [-0.4, -0.2) is 76.8 Å². The number of hydrogen-bond acceptors (Lipinski definition) is 6. The molecular weight excluding hydrogens is 448 g/mol. The normalized spacial score (nSPS) is 17.1. The fraction of sp³-hybridized carbons (Fsp3) is 0.346. The smallest absolute Gasteiger partial charge is 0.407 e. The number of aromatic amines is 1. The van der Waals surface area contributed by atoms with Gasteiger partial charge in [0.1, 0.15) is 11.5 Å². The van der Waals surface area contributed by atoms with Crippen molar-refractivity contribution in [2.75, 3.05) is 39.8 Å². The summed E-state index contributed by atoms with van der Waals surface area (Å²) in [7, 11) is 1.62. The van der Waals surface area contributed by atoms with E-state index < -0.39 is 6.09 Å². The Bertz CT molecular complexity index is 1290. The molecule has 2 aliphatic rings. The number of ether oxygens (including phenoxy) is 2. The lowest BCUT2D eigenvalue weighted by atomic mass is 10.0. The van der Waals surface area contributed by atoms with E-state index in [1.165, 1.54) is 4.90 Å². The predicted molar refractivity (Wildman–Crippen MR) is 131 cm³/mol. The number of amides is 1. The highest BCUT2D eigenvalue weighted by atomic mass is 16.5. The van der Waals surface area contributed by atoms with Crippen molar-refractivity contribution in [3.63, 3.8) is 0 Å². The molecule has 0 aliphatic carbocycles. The molecule has 2 N–H and O–H groups in total. The van der Waals surface area contributed by atoms with Crippen LogP contribution in [0, 0.1) is 0 Å². The van der Waals surface area contributed by atoms with Crippen LogP contribution in [0.1, 0.15) is 34.5 Å². The molecule has 0 unspecified atom stereocenters. The summed E-state index contributed by atoms with van der Waals surface area (Å²) in [5, 5.41) is 17.3. The van der Waals surface area contributed by atoms with Gasteiger partial charge in [-0.05, 0) is 44.0 Å². The van der Waals surface area contributed by atoms with Gasteiger partial charge in [-0.1, -0.05) is 18.2 Å². The molecule has 9 nitrogen and oxygen atoms in total. The van der Waals surface area contributed by atoms with Gasteiger partial charge in [-0.2, -0.15) is 5.10 Å². The maximum absolute atomic E-state index is 13.1. The van der Waals surface area contributed by atoms with Gasteiger partial charge in [-0.3, -0.25) is 14.8 Å². The molecule has 2 aromatic carbocycles. The minimum atomic E-state index is -0.849. The number of piperazine rings is 1. The summed E-state index contributed by atoms with van der Waals surface area (Å²) in [5.74, 6) is 1.36. The molecule has 0 radical (unpaired) electrons. The number of fused-ring (bicyclic) bond motifs is 2. The number of carbonyl (C=O) groups excluding carboxylic acids is 1. The molecule has 0 spiro atoms. The largest absolute Gasteiger partial charge is 0.496 e. The lowest BCUT2D eigenvalue weighted by molar-refractivity contribution is 0.101. The molecule has 3 aromatic rings. The first-order valence-corrected chi connectivity index (χ1v) is 11.8. The van der Waals surface area contributed by atoms with Gasteiger partial charge in [0, 0.05) is 43.2 Å². The molecule has 0 atom stereocenters.